The highest BCUT2D eigenvalue weighted by atomic mass is 79.9. The second kappa shape index (κ2) is 8.78. The van der Waals surface area contributed by atoms with Gasteiger partial charge in [0.25, 0.3) is 5.91 Å². The summed E-state index contributed by atoms with van der Waals surface area (Å²) in [5, 5.41) is 4.22. The van der Waals surface area contributed by atoms with Gasteiger partial charge in [-0.15, -0.1) is 0 Å². The van der Waals surface area contributed by atoms with Crippen molar-refractivity contribution in [3.05, 3.63) is 93.6 Å². The van der Waals surface area contributed by atoms with Crippen molar-refractivity contribution in [1.82, 2.24) is 4.98 Å². The van der Waals surface area contributed by atoms with E-state index in [0.717, 1.165) is 44.4 Å². The smallest absolute Gasteiger partial charge is 0.252 e. The molecule has 0 spiro atoms. The molecule has 6 heteroatoms. The normalized spacial score (nSPS) is 10.8. The molecule has 0 bridgehead atoms. The number of pyridine rings is 1. The number of methoxy groups -OCH3 is 1. The van der Waals surface area contributed by atoms with Crippen molar-refractivity contribution >= 4 is 44.1 Å². The van der Waals surface area contributed by atoms with E-state index in [4.69, 9.17) is 10.5 Å². The minimum Gasteiger partial charge on any atom is -0.497 e. The molecular formula is C25H22BrN3O2. The molecule has 0 atom stereocenters. The summed E-state index contributed by atoms with van der Waals surface area (Å²) in [5.74, 6) is 0.187. The Balaban J connectivity index is 1.84. The van der Waals surface area contributed by atoms with Gasteiger partial charge in [0.1, 0.15) is 5.75 Å². The number of nitrogens with two attached hydrogens (primary N) is 1. The van der Waals surface area contributed by atoms with E-state index in [-0.39, 0.29) is 0 Å². The van der Waals surface area contributed by atoms with Crippen molar-refractivity contribution in [3.63, 3.8) is 0 Å². The molecule has 1 heterocycles. The second-order valence-electron chi connectivity index (χ2n) is 7.38. The molecule has 156 valence electrons. The highest BCUT2D eigenvalue weighted by Crippen LogP contribution is 2.33. The Morgan fingerprint density at radius 1 is 1.10 bits per heavy atom. The molecule has 0 fully saturated rings. The number of carbonyl (C=O) groups excluding carboxylic acids is 1. The molecule has 0 radical (unpaired) electrons. The lowest BCUT2D eigenvalue weighted by Gasteiger charge is -2.16. The number of amides is 1. The van der Waals surface area contributed by atoms with Crippen molar-refractivity contribution in [2.24, 2.45) is 5.73 Å². The molecule has 3 N–H and O–H groups in total. The maximum atomic E-state index is 12.2. The van der Waals surface area contributed by atoms with Gasteiger partial charge in [-0.05, 0) is 60.4 Å². The molecule has 0 unspecified atom stereocenters. The Kier molecular flexibility index (Phi) is 5.91. The van der Waals surface area contributed by atoms with Gasteiger partial charge in [0.2, 0.25) is 0 Å². The Hall–Kier alpha value is -3.38. The minimum atomic E-state index is -0.532. The Morgan fingerprint density at radius 3 is 2.58 bits per heavy atom. The third kappa shape index (κ3) is 4.54. The van der Waals surface area contributed by atoms with E-state index in [1.807, 2.05) is 43.3 Å². The standard InChI is InChI=1S/C25H22BrN3O2/c1-15-10-17(11-16-6-8-18(26)9-7-16)12-21-23(15)28-14-22(25(27)30)24(21)29-19-4-3-5-20(13-19)31-2/h3-10,12-14H,11H2,1-2H3,(H2,27,30)(H,28,29). The van der Waals surface area contributed by atoms with E-state index in [1.54, 1.807) is 7.11 Å². The lowest BCUT2D eigenvalue weighted by Crippen LogP contribution is -2.14. The Labute approximate surface area is 189 Å². The lowest BCUT2D eigenvalue weighted by atomic mass is 9.98. The van der Waals surface area contributed by atoms with Crippen LogP contribution in [0.3, 0.4) is 0 Å². The topological polar surface area (TPSA) is 77.2 Å². The van der Waals surface area contributed by atoms with Gasteiger partial charge in [0.05, 0.1) is 23.9 Å². The summed E-state index contributed by atoms with van der Waals surface area (Å²) >= 11 is 3.48. The second-order valence-corrected chi connectivity index (χ2v) is 8.30. The van der Waals surface area contributed by atoms with Crippen LogP contribution in [0.2, 0.25) is 0 Å². The van der Waals surface area contributed by atoms with Crippen molar-refractivity contribution in [1.29, 1.82) is 0 Å². The van der Waals surface area contributed by atoms with Crippen LogP contribution in [0.5, 0.6) is 5.75 Å². The van der Waals surface area contributed by atoms with Crippen LogP contribution in [-0.2, 0) is 6.42 Å². The van der Waals surface area contributed by atoms with Crippen LogP contribution in [-0.4, -0.2) is 18.0 Å². The average molecular weight is 476 g/mol. The van der Waals surface area contributed by atoms with E-state index in [2.05, 4.69) is 50.5 Å². The zero-order valence-corrected chi connectivity index (χ0v) is 18.9. The summed E-state index contributed by atoms with van der Waals surface area (Å²) in [5.41, 5.74) is 11.7. The number of nitrogens with one attached hydrogen (secondary N) is 1. The molecule has 3 aromatic carbocycles. The molecule has 0 saturated heterocycles. The predicted octanol–water partition coefficient (Wildman–Crippen LogP) is 5.75. The number of primary amides is 1. The van der Waals surface area contributed by atoms with Crippen LogP contribution >= 0.6 is 15.9 Å². The number of rotatable bonds is 6. The van der Waals surface area contributed by atoms with Gasteiger partial charge in [-0.2, -0.15) is 0 Å². The van der Waals surface area contributed by atoms with Crippen LogP contribution < -0.4 is 15.8 Å². The molecule has 4 aromatic rings. The van der Waals surface area contributed by atoms with Crippen LogP contribution in [0.4, 0.5) is 11.4 Å². The van der Waals surface area contributed by atoms with E-state index in [1.165, 1.54) is 11.8 Å². The first-order valence-electron chi connectivity index (χ1n) is 9.82. The summed E-state index contributed by atoms with van der Waals surface area (Å²) < 4.78 is 6.37. The SMILES string of the molecule is COc1cccc(Nc2c(C(N)=O)cnc3c(C)cc(Cc4ccc(Br)cc4)cc23)c1. The number of aromatic nitrogens is 1. The number of ether oxygens (including phenoxy) is 1. The maximum Gasteiger partial charge on any atom is 0.252 e. The molecule has 1 amide bonds. The molecule has 0 aliphatic heterocycles. The highest BCUT2D eigenvalue weighted by Gasteiger charge is 2.16. The minimum absolute atomic E-state index is 0.343. The van der Waals surface area contributed by atoms with Crippen molar-refractivity contribution < 1.29 is 9.53 Å². The first kappa shape index (κ1) is 20.9. The molecular weight excluding hydrogens is 454 g/mol. The van der Waals surface area contributed by atoms with Gasteiger partial charge in [-0.25, -0.2) is 0 Å². The number of carbonyl (C=O) groups is 1. The number of halogens is 1. The van der Waals surface area contributed by atoms with Gasteiger partial charge in [-0.1, -0.05) is 40.2 Å². The molecule has 4 rings (SSSR count). The van der Waals surface area contributed by atoms with E-state index >= 15 is 0 Å². The molecule has 5 nitrogen and oxygen atoms in total. The number of fused-ring (bicyclic) bond motifs is 1. The molecule has 0 saturated carbocycles. The summed E-state index contributed by atoms with van der Waals surface area (Å²) in [6, 6.07) is 20.0. The zero-order valence-electron chi connectivity index (χ0n) is 17.3. The summed E-state index contributed by atoms with van der Waals surface area (Å²) in [7, 11) is 1.62. The number of hydrogen-bond donors (Lipinski definition) is 2. The summed E-state index contributed by atoms with van der Waals surface area (Å²) in [6.45, 7) is 2.03. The quantitative estimate of drug-likeness (QED) is 0.372. The van der Waals surface area contributed by atoms with E-state index in [0.29, 0.717) is 11.3 Å². The first-order chi connectivity index (χ1) is 14.9. The van der Waals surface area contributed by atoms with Gasteiger partial charge < -0.3 is 15.8 Å². The summed E-state index contributed by atoms with van der Waals surface area (Å²) in [4.78, 5) is 16.7. The number of nitrogens with zero attached hydrogens (tertiary/aromatic N) is 1. The van der Waals surface area contributed by atoms with Crippen molar-refractivity contribution in [3.8, 4) is 5.75 Å². The molecule has 31 heavy (non-hydrogen) atoms. The largest absolute Gasteiger partial charge is 0.497 e. The molecule has 0 aliphatic carbocycles. The predicted molar refractivity (Wildman–Crippen MR) is 128 cm³/mol. The number of hydrogen-bond acceptors (Lipinski definition) is 4. The van der Waals surface area contributed by atoms with Crippen LogP contribution in [0, 0.1) is 6.92 Å². The van der Waals surface area contributed by atoms with Crippen LogP contribution in [0.25, 0.3) is 10.9 Å². The first-order valence-corrected chi connectivity index (χ1v) is 10.6. The van der Waals surface area contributed by atoms with Gasteiger partial charge in [0, 0.05) is 27.8 Å². The van der Waals surface area contributed by atoms with Gasteiger partial charge >= 0.3 is 0 Å². The third-order valence-electron chi connectivity index (χ3n) is 5.15. The number of anilines is 2. The molecule has 0 aliphatic rings. The number of benzene rings is 3. The fourth-order valence-electron chi connectivity index (χ4n) is 3.66. The highest BCUT2D eigenvalue weighted by molar-refractivity contribution is 9.10. The van der Waals surface area contributed by atoms with Gasteiger partial charge in [-0.3, -0.25) is 9.78 Å². The third-order valence-corrected chi connectivity index (χ3v) is 5.68. The molecule has 1 aromatic heterocycles. The Bertz CT molecular complexity index is 1270. The zero-order chi connectivity index (χ0) is 22.0. The monoisotopic (exact) mass is 475 g/mol. The fourth-order valence-corrected chi connectivity index (χ4v) is 3.93. The van der Waals surface area contributed by atoms with Crippen molar-refractivity contribution in [2.45, 2.75) is 13.3 Å². The Morgan fingerprint density at radius 2 is 1.87 bits per heavy atom. The average Bonchev–Trinajstić information content (AvgIpc) is 2.76. The van der Waals surface area contributed by atoms with Crippen molar-refractivity contribution in [2.75, 3.05) is 12.4 Å². The summed E-state index contributed by atoms with van der Waals surface area (Å²) in [6.07, 6.45) is 2.30. The van der Waals surface area contributed by atoms with E-state index < -0.39 is 5.91 Å². The number of aryl methyl sites for hydroxylation is 1. The fraction of sp³-hybridized carbons (Fsp3) is 0.120. The van der Waals surface area contributed by atoms with E-state index in [9.17, 15) is 4.79 Å². The van der Waals surface area contributed by atoms with Crippen LogP contribution in [0.15, 0.2) is 71.3 Å². The lowest BCUT2D eigenvalue weighted by molar-refractivity contribution is 0.100. The maximum absolute atomic E-state index is 12.2. The van der Waals surface area contributed by atoms with Gasteiger partial charge in [0.15, 0.2) is 0 Å². The van der Waals surface area contributed by atoms with Crippen LogP contribution in [0.1, 0.15) is 27.0 Å².